The van der Waals surface area contributed by atoms with Gasteiger partial charge < -0.3 is 9.64 Å². The lowest BCUT2D eigenvalue weighted by Crippen LogP contribution is -2.39. The van der Waals surface area contributed by atoms with Crippen LogP contribution in [0.15, 0.2) is 47.3 Å². The second-order valence-electron chi connectivity index (χ2n) is 7.52. The minimum absolute atomic E-state index is 0.124. The average Bonchev–Trinajstić information content (AvgIpc) is 3.14. The van der Waals surface area contributed by atoms with E-state index in [-0.39, 0.29) is 17.5 Å². The quantitative estimate of drug-likeness (QED) is 0.653. The van der Waals surface area contributed by atoms with Crippen molar-refractivity contribution < 1.29 is 13.9 Å². The first kappa shape index (κ1) is 21.1. The van der Waals surface area contributed by atoms with Crippen LogP contribution in [0.3, 0.4) is 0 Å². The maximum Gasteiger partial charge on any atom is 0.348 e. The van der Waals surface area contributed by atoms with Crippen LogP contribution in [-0.2, 0) is 6.42 Å². The molecule has 0 saturated carbocycles. The lowest BCUT2D eigenvalue weighted by atomic mass is 9.92. The van der Waals surface area contributed by atoms with Crippen LogP contribution in [0.25, 0.3) is 5.69 Å². The highest BCUT2D eigenvalue weighted by molar-refractivity contribution is 6.31. The van der Waals surface area contributed by atoms with E-state index in [0.717, 1.165) is 12.8 Å². The fourth-order valence-corrected chi connectivity index (χ4v) is 4.14. The molecule has 2 heterocycles. The zero-order chi connectivity index (χ0) is 22.0. The maximum absolute atomic E-state index is 14.2. The predicted molar refractivity (Wildman–Crippen MR) is 114 cm³/mol. The van der Waals surface area contributed by atoms with Crippen molar-refractivity contribution in [1.82, 2.24) is 19.7 Å². The van der Waals surface area contributed by atoms with E-state index in [4.69, 9.17) is 16.3 Å². The molecule has 1 amide bonds. The summed E-state index contributed by atoms with van der Waals surface area (Å²) < 4.78 is 20.8. The number of likely N-dealkylation sites (tertiary alicyclic amines) is 1. The fourth-order valence-electron chi connectivity index (χ4n) is 3.96. The van der Waals surface area contributed by atoms with Crippen LogP contribution in [0.1, 0.15) is 29.0 Å². The van der Waals surface area contributed by atoms with Crippen molar-refractivity contribution in [3.05, 3.63) is 75.2 Å². The van der Waals surface area contributed by atoms with Crippen molar-refractivity contribution >= 4 is 17.5 Å². The summed E-state index contributed by atoms with van der Waals surface area (Å²) in [6.07, 6.45) is 2.00. The van der Waals surface area contributed by atoms with E-state index < -0.39 is 11.5 Å². The molecular weight excluding hydrogens is 423 g/mol. The molecule has 2 aromatic carbocycles. The number of para-hydroxylation sites is 1. The monoisotopic (exact) mass is 444 g/mol. The van der Waals surface area contributed by atoms with Gasteiger partial charge in [0.1, 0.15) is 17.4 Å². The molecule has 0 aliphatic carbocycles. The summed E-state index contributed by atoms with van der Waals surface area (Å²) in [5.74, 6) is 0.577. The molecule has 9 heteroatoms. The minimum Gasteiger partial charge on any atom is -0.496 e. The van der Waals surface area contributed by atoms with Gasteiger partial charge in [-0.1, -0.05) is 23.7 Å². The number of hydrogen-bond acceptors (Lipinski definition) is 4. The Labute approximate surface area is 183 Å². The first-order valence-electron chi connectivity index (χ1n) is 10.0. The van der Waals surface area contributed by atoms with E-state index in [0.29, 0.717) is 41.7 Å². The number of piperidine rings is 1. The van der Waals surface area contributed by atoms with Crippen LogP contribution in [0, 0.1) is 11.7 Å². The van der Waals surface area contributed by atoms with Crippen molar-refractivity contribution in [2.45, 2.75) is 19.3 Å². The van der Waals surface area contributed by atoms with Gasteiger partial charge in [-0.25, -0.2) is 18.9 Å². The van der Waals surface area contributed by atoms with E-state index in [2.05, 4.69) is 10.2 Å². The normalized spacial score (nSPS) is 14.6. The minimum atomic E-state index is -0.483. The number of aromatic amines is 1. The lowest BCUT2D eigenvalue weighted by Gasteiger charge is -2.32. The molecule has 31 heavy (non-hydrogen) atoms. The summed E-state index contributed by atoms with van der Waals surface area (Å²) in [5.41, 5.74) is 0.145. The van der Waals surface area contributed by atoms with Gasteiger partial charge in [-0.05, 0) is 49.1 Å². The summed E-state index contributed by atoms with van der Waals surface area (Å²) >= 11 is 6.06. The topological polar surface area (TPSA) is 80.2 Å². The third-order valence-corrected chi connectivity index (χ3v) is 5.84. The number of H-pyrrole nitrogens is 1. The third-order valence-electron chi connectivity index (χ3n) is 5.60. The summed E-state index contributed by atoms with van der Waals surface area (Å²) in [6, 6.07) is 11.1. The zero-order valence-electron chi connectivity index (χ0n) is 17.0. The first-order valence-corrected chi connectivity index (χ1v) is 10.4. The number of carbonyl (C=O) groups excluding carboxylic acids is 1. The molecule has 1 aliphatic rings. The number of amides is 1. The molecule has 1 N–H and O–H groups in total. The molecule has 4 rings (SSSR count). The number of benzene rings is 2. The number of ether oxygens (including phenoxy) is 1. The number of aromatic nitrogens is 3. The standard InChI is InChI=1S/C22H22ClFN4O3/c1-31-19-7-6-15(23)13-16(19)21(29)27-10-8-14(9-11-27)12-20-25-26-22(30)28(20)18-5-3-2-4-17(18)24/h2-7,13-14H,8-12H2,1H3,(H,26,30). The number of nitrogens with one attached hydrogen (secondary N) is 1. The highest BCUT2D eigenvalue weighted by atomic mass is 35.5. The van der Waals surface area contributed by atoms with Crippen LogP contribution < -0.4 is 10.4 Å². The summed E-state index contributed by atoms with van der Waals surface area (Å²) in [7, 11) is 1.52. The van der Waals surface area contributed by atoms with E-state index in [1.165, 1.54) is 17.7 Å². The molecule has 0 radical (unpaired) electrons. The van der Waals surface area contributed by atoms with Crippen molar-refractivity contribution in [2.24, 2.45) is 5.92 Å². The first-order chi connectivity index (χ1) is 15.0. The molecule has 0 unspecified atom stereocenters. The number of carbonyl (C=O) groups is 1. The van der Waals surface area contributed by atoms with Gasteiger partial charge in [0, 0.05) is 24.5 Å². The van der Waals surface area contributed by atoms with Gasteiger partial charge >= 0.3 is 5.69 Å². The molecule has 3 aromatic rings. The Kier molecular flexibility index (Phi) is 6.08. The molecule has 1 aliphatic heterocycles. The second-order valence-corrected chi connectivity index (χ2v) is 7.95. The average molecular weight is 445 g/mol. The lowest BCUT2D eigenvalue weighted by molar-refractivity contribution is 0.0686. The molecule has 1 saturated heterocycles. The van der Waals surface area contributed by atoms with Gasteiger partial charge in [-0.15, -0.1) is 0 Å². The Balaban J connectivity index is 1.45. The van der Waals surface area contributed by atoms with Crippen LogP contribution in [0.4, 0.5) is 4.39 Å². The smallest absolute Gasteiger partial charge is 0.348 e. The van der Waals surface area contributed by atoms with Crippen LogP contribution in [0.5, 0.6) is 5.75 Å². The Bertz CT molecular complexity index is 1150. The van der Waals surface area contributed by atoms with Gasteiger partial charge in [-0.2, -0.15) is 5.10 Å². The van der Waals surface area contributed by atoms with Crippen LogP contribution in [0.2, 0.25) is 5.02 Å². The predicted octanol–water partition coefficient (Wildman–Crippen LogP) is 3.46. The number of rotatable bonds is 5. The van der Waals surface area contributed by atoms with E-state index >= 15 is 0 Å². The maximum atomic E-state index is 14.2. The van der Waals surface area contributed by atoms with Crippen molar-refractivity contribution in [3.8, 4) is 11.4 Å². The van der Waals surface area contributed by atoms with Crippen molar-refractivity contribution in [2.75, 3.05) is 20.2 Å². The summed E-state index contributed by atoms with van der Waals surface area (Å²) in [5, 5.41) is 7.00. The number of methoxy groups -OCH3 is 1. The molecule has 162 valence electrons. The van der Waals surface area contributed by atoms with Crippen LogP contribution >= 0.6 is 11.6 Å². The van der Waals surface area contributed by atoms with Gasteiger partial charge in [0.05, 0.1) is 18.4 Å². The second kappa shape index (κ2) is 8.93. The number of halogens is 2. The van der Waals surface area contributed by atoms with Crippen molar-refractivity contribution in [1.29, 1.82) is 0 Å². The fraction of sp³-hybridized carbons (Fsp3) is 0.318. The summed E-state index contributed by atoms with van der Waals surface area (Å²) in [4.78, 5) is 27.0. The molecule has 7 nitrogen and oxygen atoms in total. The highest BCUT2D eigenvalue weighted by Gasteiger charge is 2.27. The molecule has 0 spiro atoms. The van der Waals surface area contributed by atoms with E-state index in [1.807, 2.05) is 0 Å². The Hall–Kier alpha value is -3.13. The van der Waals surface area contributed by atoms with Gasteiger partial charge in [0.15, 0.2) is 0 Å². The van der Waals surface area contributed by atoms with E-state index in [9.17, 15) is 14.0 Å². The number of hydrogen-bond donors (Lipinski definition) is 1. The van der Waals surface area contributed by atoms with Gasteiger partial charge in [0.25, 0.3) is 5.91 Å². The largest absolute Gasteiger partial charge is 0.496 e. The van der Waals surface area contributed by atoms with Gasteiger partial charge in [0.2, 0.25) is 0 Å². The Morgan fingerprint density at radius 2 is 2.00 bits per heavy atom. The molecule has 1 fully saturated rings. The number of nitrogens with zero attached hydrogens (tertiary/aromatic N) is 3. The zero-order valence-corrected chi connectivity index (χ0v) is 17.7. The Morgan fingerprint density at radius 3 is 2.71 bits per heavy atom. The molecule has 0 atom stereocenters. The SMILES string of the molecule is COc1ccc(Cl)cc1C(=O)N1CCC(Cc2n[nH]c(=O)n2-c2ccccc2F)CC1. The Morgan fingerprint density at radius 1 is 1.26 bits per heavy atom. The van der Waals surface area contributed by atoms with Crippen molar-refractivity contribution in [3.63, 3.8) is 0 Å². The van der Waals surface area contributed by atoms with Crippen LogP contribution in [-0.4, -0.2) is 45.8 Å². The third kappa shape index (κ3) is 4.34. The molecular formula is C22H22ClFN4O3. The summed E-state index contributed by atoms with van der Waals surface area (Å²) in [6.45, 7) is 1.13. The highest BCUT2D eigenvalue weighted by Crippen LogP contribution is 2.27. The molecule has 1 aromatic heterocycles. The van der Waals surface area contributed by atoms with E-state index in [1.54, 1.807) is 41.3 Å². The van der Waals surface area contributed by atoms with Gasteiger partial charge in [-0.3, -0.25) is 4.79 Å². The molecule has 0 bridgehead atoms.